The van der Waals surface area contributed by atoms with Crippen LogP contribution in [0.1, 0.15) is 37.1 Å². The number of aromatic nitrogens is 3. The first-order valence-corrected chi connectivity index (χ1v) is 10.9. The summed E-state index contributed by atoms with van der Waals surface area (Å²) in [6, 6.07) is 17.3. The molecule has 5 nitrogen and oxygen atoms in total. The molecule has 0 spiro atoms. The van der Waals surface area contributed by atoms with Crippen LogP contribution in [0, 0.1) is 6.92 Å². The fourth-order valence-corrected chi connectivity index (χ4v) is 4.60. The predicted octanol–water partition coefficient (Wildman–Crippen LogP) is 5.44. The Morgan fingerprint density at radius 2 is 1.97 bits per heavy atom. The summed E-state index contributed by atoms with van der Waals surface area (Å²) < 4.78 is 8.19. The highest BCUT2D eigenvalue weighted by Crippen LogP contribution is 2.30. The number of nitrogens with zero attached hydrogens (tertiary/aromatic N) is 4. The molecular weight excluding hydrogens is 372 g/mol. The Morgan fingerprint density at radius 1 is 1.07 bits per heavy atom. The van der Waals surface area contributed by atoms with Gasteiger partial charge in [-0.2, -0.15) is 5.10 Å². The number of oxazole rings is 1. The largest absolute Gasteiger partial charge is 0.441 e. The van der Waals surface area contributed by atoms with E-state index in [0.717, 1.165) is 49.0 Å². The van der Waals surface area contributed by atoms with Gasteiger partial charge in [-0.25, -0.2) is 4.98 Å². The molecule has 0 bridgehead atoms. The zero-order valence-electron chi connectivity index (χ0n) is 17.5. The molecule has 0 N–H and O–H groups in total. The molecule has 1 fully saturated rings. The van der Waals surface area contributed by atoms with Gasteiger partial charge in [-0.1, -0.05) is 42.8 Å². The third-order valence-electron chi connectivity index (χ3n) is 6.27. The Morgan fingerprint density at radius 3 is 2.87 bits per heavy atom. The van der Waals surface area contributed by atoms with Crippen molar-refractivity contribution in [2.75, 3.05) is 6.54 Å². The van der Waals surface area contributed by atoms with E-state index in [-0.39, 0.29) is 0 Å². The molecule has 2 aromatic carbocycles. The van der Waals surface area contributed by atoms with Crippen LogP contribution in [0.25, 0.3) is 22.2 Å². The molecule has 0 radical (unpaired) electrons. The lowest BCUT2D eigenvalue weighted by Crippen LogP contribution is -2.39. The SMILES string of the molecule is Cc1oc(-c2cccc3ccccc23)nc1CN1CCCC[C@H]1CCn1cccn1. The van der Waals surface area contributed by atoms with Gasteiger partial charge in [0.1, 0.15) is 5.76 Å². The number of hydrogen-bond acceptors (Lipinski definition) is 4. The van der Waals surface area contributed by atoms with Crippen LogP contribution in [-0.4, -0.2) is 32.3 Å². The molecule has 2 aromatic heterocycles. The molecule has 5 heteroatoms. The lowest BCUT2D eigenvalue weighted by atomic mass is 9.99. The van der Waals surface area contributed by atoms with Crippen LogP contribution in [0.4, 0.5) is 0 Å². The number of likely N-dealkylation sites (tertiary alicyclic amines) is 1. The van der Waals surface area contributed by atoms with Crippen molar-refractivity contribution in [2.45, 2.75) is 51.7 Å². The number of fused-ring (bicyclic) bond motifs is 1. The van der Waals surface area contributed by atoms with E-state index in [2.05, 4.69) is 52.5 Å². The Labute approximate surface area is 177 Å². The van der Waals surface area contributed by atoms with E-state index in [4.69, 9.17) is 9.40 Å². The predicted molar refractivity (Wildman–Crippen MR) is 119 cm³/mol. The van der Waals surface area contributed by atoms with Crippen molar-refractivity contribution in [3.8, 4) is 11.5 Å². The molecule has 5 rings (SSSR count). The van der Waals surface area contributed by atoms with Crippen molar-refractivity contribution >= 4 is 10.8 Å². The summed E-state index contributed by atoms with van der Waals surface area (Å²) in [5, 5.41) is 6.75. The molecule has 0 unspecified atom stereocenters. The van der Waals surface area contributed by atoms with Gasteiger partial charge in [0.2, 0.25) is 5.89 Å². The summed E-state index contributed by atoms with van der Waals surface area (Å²) in [6.45, 7) is 4.98. The van der Waals surface area contributed by atoms with Crippen LogP contribution >= 0.6 is 0 Å². The van der Waals surface area contributed by atoms with Crippen LogP contribution in [-0.2, 0) is 13.1 Å². The topological polar surface area (TPSA) is 47.1 Å². The summed E-state index contributed by atoms with van der Waals surface area (Å²) >= 11 is 0. The maximum Gasteiger partial charge on any atom is 0.227 e. The van der Waals surface area contributed by atoms with E-state index >= 15 is 0 Å². The second-order valence-corrected chi connectivity index (χ2v) is 8.23. The highest BCUT2D eigenvalue weighted by molar-refractivity contribution is 5.94. The zero-order valence-corrected chi connectivity index (χ0v) is 17.5. The van der Waals surface area contributed by atoms with Gasteiger partial charge in [-0.05, 0) is 55.6 Å². The average Bonchev–Trinajstić information content (AvgIpc) is 3.43. The minimum Gasteiger partial charge on any atom is -0.441 e. The van der Waals surface area contributed by atoms with Crippen LogP contribution in [0.5, 0.6) is 0 Å². The van der Waals surface area contributed by atoms with Gasteiger partial charge in [0.05, 0.1) is 5.69 Å². The van der Waals surface area contributed by atoms with Crippen molar-refractivity contribution < 1.29 is 4.42 Å². The second-order valence-electron chi connectivity index (χ2n) is 8.23. The summed E-state index contributed by atoms with van der Waals surface area (Å²) in [5.41, 5.74) is 2.13. The molecule has 3 heterocycles. The molecular formula is C25H28N4O. The highest BCUT2D eigenvalue weighted by Gasteiger charge is 2.25. The van der Waals surface area contributed by atoms with E-state index in [9.17, 15) is 0 Å². The van der Waals surface area contributed by atoms with Gasteiger partial charge in [-0.3, -0.25) is 9.58 Å². The Balaban J connectivity index is 1.36. The summed E-state index contributed by atoms with van der Waals surface area (Å²) in [6.07, 6.45) is 8.82. The monoisotopic (exact) mass is 400 g/mol. The van der Waals surface area contributed by atoms with E-state index < -0.39 is 0 Å². The van der Waals surface area contributed by atoms with Gasteiger partial charge in [0, 0.05) is 37.1 Å². The van der Waals surface area contributed by atoms with E-state index in [0.29, 0.717) is 6.04 Å². The lowest BCUT2D eigenvalue weighted by molar-refractivity contribution is 0.125. The fraction of sp³-hybridized carbons (Fsp3) is 0.360. The first kappa shape index (κ1) is 19.1. The fourth-order valence-electron chi connectivity index (χ4n) is 4.60. The van der Waals surface area contributed by atoms with Crippen LogP contribution in [0.2, 0.25) is 0 Å². The molecule has 154 valence electrons. The Hall–Kier alpha value is -2.92. The molecule has 4 aromatic rings. The van der Waals surface area contributed by atoms with Gasteiger partial charge >= 0.3 is 0 Å². The molecule has 1 aliphatic heterocycles. The smallest absolute Gasteiger partial charge is 0.227 e. The third kappa shape index (κ3) is 3.90. The summed E-state index contributed by atoms with van der Waals surface area (Å²) in [7, 11) is 0. The van der Waals surface area contributed by atoms with Crippen molar-refractivity contribution in [2.24, 2.45) is 0 Å². The van der Waals surface area contributed by atoms with E-state index in [1.165, 1.54) is 30.0 Å². The van der Waals surface area contributed by atoms with Gasteiger partial charge in [0.15, 0.2) is 0 Å². The lowest BCUT2D eigenvalue weighted by Gasteiger charge is -2.35. The number of hydrogen-bond donors (Lipinski definition) is 0. The molecule has 30 heavy (non-hydrogen) atoms. The minimum absolute atomic E-state index is 0.569. The molecule has 1 aliphatic rings. The minimum atomic E-state index is 0.569. The third-order valence-corrected chi connectivity index (χ3v) is 6.27. The molecule has 0 amide bonds. The van der Waals surface area contributed by atoms with Gasteiger partial charge in [0.25, 0.3) is 0 Å². The van der Waals surface area contributed by atoms with Crippen molar-refractivity contribution in [1.29, 1.82) is 0 Å². The highest BCUT2D eigenvalue weighted by atomic mass is 16.4. The average molecular weight is 401 g/mol. The standard InChI is InChI=1S/C25H28N4O/c1-19-24(18-28-15-5-4-10-21(28)13-17-29-16-7-14-26-29)27-25(30-19)23-12-6-9-20-8-2-3-11-22(20)23/h2-3,6-9,11-12,14,16,21H,4-5,10,13,15,17-18H2,1H3/t21-/m0/s1. The maximum absolute atomic E-state index is 6.15. The number of rotatable bonds is 6. The number of aryl methyl sites for hydroxylation is 2. The number of benzene rings is 2. The normalized spacial score (nSPS) is 17.6. The van der Waals surface area contributed by atoms with Gasteiger partial charge in [-0.15, -0.1) is 0 Å². The van der Waals surface area contributed by atoms with Crippen LogP contribution in [0.3, 0.4) is 0 Å². The zero-order chi connectivity index (χ0) is 20.3. The quantitative estimate of drug-likeness (QED) is 0.432. The van der Waals surface area contributed by atoms with Crippen LogP contribution in [0.15, 0.2) is 65.3 Å². The first-order chi connectivity index (χ1) is 14.8. The van der Waals surface area contributed by atoms with Crippen molar-refractivity contribution in [3.63, 3.8) is 0 Å². The van der Waals surface area contributed by atoms with Crippen molar-refractivity contribution in [3.05, 3.63) is 72.4 Å². The molecule has 0 aliphatic carbocycles. The molecule has 1 atom stereocenters. The second kappa shape index (κ2) is 8.44. The Kier molecular flexibility index (Phi) is 5.37. The molecule has 0 saturated carbocycles. The van der Waals surface area contributed by atoms with Crippen LogP contribution < -0.4 is 0 Å². The van der Waals surface area contributed by atoms with E-state index in [1.807, 2.05) is 30.1 Å². The molecule has 1 saturated heterocycles. The summed E-state index contributed by atoms with van der Waals surface area (Å²) in [4.78, 5) is 7.53. The van der Waals surface area contributed by atoms with Crippen molar-refractivity contribution in [1.82, 2.24) is 19.7 Å². The van der Waals surface area contributed by atoms with Gasteiger partial charge < -0.3 is 4.42 Å². The first-order valence-electron chi connectivity index (χ1n) is 10.9. The maximum atomic E-state index is 6.15. The Bertz CT molecular complexity index is 1110. The number of piperidine rings is 1. The summed E-state index contributed by atoms with van der Waals surface area (Å²) in [5.74, 6) is 1.65. The van der Waals surface area contributed by atoms with E-state index in [1.54, 1.807) is 0 Å².